The Morgan fingerprint density at radius 1 is 1.20 bits per heavy atom. The summed E-state index contributed by atoms with van der Waals surface area (Å²) in [6.45, 7) is 2.66. The zero-order valence-corrected chi connectivity index (χ0v) is 14.6. The molecule has 3 rings (SSSR count). The van der Waals surface area contributed by atoms with Crippen LogP contribution in [0.5, 0.6) is 0 Å². The Balaban J connectivity index is 1.42. The van der Waals surface area contributed by atoms with Crippen molar-refractivity contribution in [1.29, 1.82) is 0 Å². The third-order valence-corrected chi connectivity index (χ3v) is 4.32. The Kier molecular flexibility index (Phi) is 5.79. The van der Waals surface area contributed by atoms with Gasteiger partial charge in [-0.3, -0.25) is 9.78 Å². The van der Waals surface area contributed by atoms with Crippen LogP contribution in [-0.2, 0) is 11.2 Å². The third-order valence-electron chi connectivity index (χ3n) is 3.50. The maximum absolute atomic E-state index is 11.9. The van der Waals surface area contributed by atoms with Crippen LogP contribution in [0.25, 0.3) is 11.5 Å². The summed E-state index contributed by atoms with van der Waals surface area (Å²) in [4.78, 5) is 15.9. The Labute approximate surface area is 150 Å². The number of aromatic nitrogens is 3. The van der Waals surface area contributed by atoms with Gasteiger partial charge in [-0.2, -0.15) is 0 Å². The molecule has 2 heterocycles. The van der Waals surface area contributed by atoms with Crippen molar-refractivity contribution in [3.8, 4) is 11.5 Å². The Bertz CT molecular complexity index is 819. The van der Waals surface area contributed by atoms with Crippen LogP contribution in [0.1, 0.15) is 11.1 Å². The fourth-order valence-electron chi connectivity index (χ4n) is 2.15. The largest absolute Gasteiger partial charge is 0.411 e. The summed E-state index contributed by atoms with van der Waals surface area (Å²) < 4.78 is 5.53. The number of aryl methyl sites for hydroxylation is 1. The molecule has 0 saturated heterocycles. The lowest BCUT2D eigenvalue weighted by molar-refractivity contribution is -0.118. The molecule has 25 heavy (non-hydrogen) atoms. The first-order valence-corrected chi connectivity index (χ1v) is 8.88. The molecular weight excluding hydrogens is 336 g/mol. The average molecular weight is 354 g/mol. The Morgan fingerprint density at radius 3 is 2.80 bits per heavy atom. The predicted molar refractivity (Wildman–Crippen MR) is 96.1 cm³/mol. The molecule has 0 bridgehead atoms. The van der Waals surface area contributed by atoms with E-state index in [9.17, 15) is 4.79 Å². The molecule has 128 valence electrons. The van der Waals surface area contributed by atoms with Crippen molar-refractivity contribution in [3.63, 3.8) is 0 Å². The Hall–Kier alpha value is -2.67. The second-order valence-corrected chi connectivity index (χ2v) is 6.42. The second-order valence-electron chi connectivity index (χ2n) is 5.49. The number of hydrogen-bond donors (Lipinski definition) is 1. The van der Waals surface area contributed by atoms with Crippen LogP contribution in [0.15, 0.2) is 58.4 Å². The van der Waals surface area contributed by atoms with Crippen molar-refractivity contribution in [3.05, 3.63) is 59.9 Å². The van der Waals surface area contributed by atoms with E-state index in [1.54, 1.807) is 18.5 Å². The number of hydrogen-bond acceptors (Lipinski definition) is 6. The number of pyridine rings is 1. The van der Waals surface area contributed by atoms with Crippen molar-refractivity contribution >= 4 is 17.7 Å². The van der Waals surface area contributed by atoms with E-state index in [2.05, 4.69) is 51.7 Å². The standard InChI is InChI=1S/C18H18N4O2S/c1-13-4-6-14(7-5-13)8-10-20-16(23)12-25-18-22-21-17(24-18)15-3-2-9-19-11-15/h2-7,9,11H,8,10,12H2,1H3,(H,20,23). The molecular formula is C18H18N4O2S. The van der Waals surface area contributed by atoms with Gasteiger partial charge in [0, 0.05) is 18.9 Å². The van der Waals surface area contributed by atoms with E-state index in [1.807, 2.05) is 6.07 Å². The molecule has 0 radical (unpaired) electrons. The highest BCUT2D eigenvalue weighted by molar-refractivity contribution is 7.99. The van der Waals surface area contributed by atoms with Gasteiger partial charge in [0.15, 0.2) is 0 Å². The molecule has 0 aliphatic heterocycles. The summed E-state index contributed by atoms with van der Waals surface area (Å²) in [5.74, 6) is 0.580. The number of nitrogens with one attached hydrogen (secondary N) is 1. The van der Waals surface area contributed by atoms with E-state index >= 15 is 0 Å². The summed E-state index contributed by atoms with van der Waals surface area (Å²) in [5.41, 5.74) is 3.19. The van der Waals surface area contributed by atoms with Gasteiger partial charge in [-0.05, 0) is 31.0 Å². The normalized spacial score (nSPS) is 10.6. The van der Waals surface area contributed by atoms with E-state index in [0.717, 1.165) is 12.0 Å². The maximum atomic E-state index is 11.9. The van der Waals surface area contributed by atoms with Gasteiger partial charge in [0.1, 0.15) is 0 Å². The molecule has 1 aromatic carbocycles. The van der Waals surface area contributed by atoms with Gasteiger partial charge in [0.25, 0.3) is 5.22 Å². The first-order chi connectivity index (χ1) is 12.2. The molecule has 6 nitrogen and oxygen atoms in total. The highest BCUT2D eigenvalue weighted by Crippen LogP contribution is 2.22. The third kappa shape index (κ3) is 5.15. The fraction of sp³-hybridized carbons (Fsp3) is 0.222. The van der Waals surface area contributed by atoms with Gasteiger partial charge in [-0.25, -0.2) is 0 Å². The Morgan fingerprint density at radius 2 is 2.04 bits per heavy atom. The van der Waals surface area contributed by atoms with Gasteiger partial charge in [-0.1, -0.05) is 41.6 Å². The smallest absolute Gasteiger partial charge is 0.277 e. The van der Waals surface area contributed by atoms with Crippen LogP contribution >= 0.6 is 11.8 Å². The zero-order chi connectivity index (χ0) is 17.5. The van der Waals surface area contributed by atoms with Gasteiger partial charge >= 0.3 is 0 Å². The number of amides is 1. The molecule has 0 spiro atoms. The van der Waals surface area contributed by atoms with Crippen molar-refractivity contribution in [2.45, 2.75) is 18.6 Å². The minimum absolute atomic E-state index is 0.0572. The van der Waals surface area contributed by atoms with Gasteiger partial charge in [0.2, 0.25) is 11.8 Å². The van der Waals surface area contributed by atoms with Crippen LogP contribution in [0.3, 0.4) is 0 Å². The molecule has 3 aromatic rings. The molecule has 7 heteroatoms. The van der Waals surface area contributed by atoms with E-state index in [0.29, 0.717) is 17.7 Å². The number of benzene rings is 1. The minimum Gasteiger partial charge on any atom is -0.411 e. The van der Waals surface area contributed by atoms with E-state index in [4.69, 9.17) is 4.42 Å². The number of carbonyl (C=O) groups excluding carboxylic acids is 1. The average Bonchev–Trinajstić information content (AvgIpc) is 3.11. The highest BCUT2D eigenvalue weighted by Gasteiger charge is 2.11. The second kappa shape index (κ2) is 8.43. The van der Waals surface area contributed by atoms with Crippen LogP contribution < -0.4 is 5.32 Å². The highest BCUT2D eigenvalue weighted by atomic mass is 32.2. The monoisotopic (exact) mass is 354 g/mol. The lowest BCUT2D eigenvalue weighted by Gasteiger charge is -2.04. The van der Waals surface area contributed by atoms with E-state index < -0.39 is 0 Å². The van der Waals surface area contributed by atoms with Crippen molar-refractivity contribution < 1.29 is 9.21 Å². The molecule has 1 amide bonds. The molecule has 0 unspecified atom stereocenters. The first kappa shape index (κ1) is 17.2. The summed E-state index contributed by atoms with van der Waals surface area (Å²) >= 11 is 1.22. The minimum atomic E-state index is -0.0572. The maximum Gasteiger partial charge on any atom is 0.277 e. The summed E-state index contributed by atoms with van der Waals surface area (Å²) in [6, 6.07) is 11.9. The fourth-order valence-corrected chi connectivity index (χ4v) is 2.75. The van der Waals surface area contributed by atoms with Crippen LogP contribution in [-0.4, -0.2) is 33.4 Å². The lowest BCUT2D eigenvalue weighted by atomic mass is 10.1. The SMILES string of the molecule is Cc1ccc(CCNC(=O)CSc2nnc(-c3cccnc3)o2)cc1. The molecule has 0 fully saturated rings. The number of nitrogens with zero attached hydrogens (tertiary/aromatic N) is 3. The quantitative estimate of drug-likeness (QED) is 0.657. The van der Waals surface area contributed by atoms with Crippen LogP contribution in [0.4, 0.5) is 0 Å². The molecule has 1 N–H and O–H groups in total. The topological polar surface area (TPSA) is 80.9 Å². The summed E-state index contributed by atoms with van der Waals surface area (Å²) in [7, 11) is 0. The van der Waals surface area contributed by atoms with E-state index in [1.165, 1.54) is 22.9 Å². The van der Waals surface area contributed by atoms with Crippen molar-refractivity contribution in [2.24, 2.45) is 0 Å². The van der Waals surface area contributed by atoms with Gasteiger partial charge in [-0.15, -0.1) is 10.2 Å². The summed E-state index contributed by atoms with van der Waals surface area (Å²) in [6.07, 6.45) is 4.14. The van der Waals surface area contributed by atoms with Gasteiger partial charge < -0.3 is 9.73 Å². The molecule has 0 aliphatic rings. The lowest BCUT2D eigenvalue weighted by Crippen LogP contribution is -2.27. The van der Waals surface area contributed by atoms with E-state index in [-0.39, 0.29) is 11.7 Å². The zero-order valence-electron chi connectivity index (χ0n) is 13.8. The molecule has 0 aliphatic carbocycles. The molecule has 0 atom stereocenters. The summed E-state index contributed by atoms with van der Waals surface area (Å²) in [5, 5.41) is 11.2. The van der Waals surface area contributed by atoms with Crippen LogP contribution in [0.2, 0.25) is 0 Å². The molecule has 2 aromatic heterocycles. The first-order valence-electron chi connectivity index (χ1n) is 7.89. The predicted octanol–water partition coefficient (Wildman–Crippen LogP) is 2.89. The van der Waals surface area contributed by atoms with Crippen molar-refractivity contribution in [1.82, 2.24) is 20.5 Å². The number of thioether (sulfide) groups is 1. The number of carbonyl (C=O) groups is 1. The van der Waals surface area contributed by atoms with Gasteiger partial charge in [0.05, 0.1) is 11.3 Å². The molecule has 0 saturated carbocycles. The van der Waals surface area contributed by atoms with Crippen molar-refractivity contribution in [2.75, 3.05) is 12.3 Å². The number of rotatable bonds is 7. The van der Waals surface area contributed by atoms with Crippen LogP contribution in [0, 0.1) is 6.92 Å².